The molecule has 1 aliphatic carbocycles. The number of rotatable bonds is 8. The lowest BCUT2D eigenvalue weighted by molar-refractivity contribution is -0.120. The van der Waals surface area contributed by atoms with Gasteiger partial charge in [-0.25, -0.2) is 8.42 Å². The summed E-state index contributed by atoms with van der Waals surface area (Å²) in [5.74, 6) is 0.384. The quantitative estimate of drug-likeness (QED) is 0.672. The third-order valence-corrected chi connectivity index (χ3v) is 6.56. The molecule has 0 amide bonds. The van der Waals surface area contributed by atoms with Gasteiger partial charge in [-0.15, -0.1) is 0 Å². The van der Waals surface area contributed by atoms with Crippen molar-refractivity contribution < 1.29 is 13.2 Å². The normalized spacial score (nSPS) is 16.0. The smallest absolute Gasteiger partial charge is 0.175 e. The predicted molar refractivity (Wildman–Crippen MR) is 110 cm³/mol. The zero-order chi connectivity index (χ0) is 20.1. The number of aromatic nitrogens is 2. The molecule has 148 valence electrons. The van der Waals surface area contributed by atoms with Crippen LogP contribution in [0.3, 0.4) is 0 Å². The van der Waals surface area contributed by atoms with E-state index in [1.165, 1.54) is 19.1 Å². The number of carbonyl (C=O) groups excluding carboxylic acids is 1. The first-order valence-corrected chi connectivity index (χ1v) is 11.5. The number of nitrogens with zero attached hydrogens (tertiary/aromatic N) is 2. The Balaban J connectivity index is 1.82. The summed E-state index contributed by atoms with van der Waals surface area (Å²) >= 11 is 0. The molecule has 2 aromatic rings. The van der Waals surface area contributed by atoms with E-state index in [1.807, 2.05) is 0 Å². The second-order valence-electron chi connectivity index (χ2n) is 7.56. The van der Waals surface area contributed by atoms with Gasteiger partial charge in [0.1, 0.15) is 5.78 Å². The van der Waals surface area contributed by atoms with Gasteiger partial charge in [0.2, 0.25) is 0 Å². The minimum absolute atomic E-state index is 0.0969. The van der Waals surface area contributed by atoms with Crippen LogP contribution >= 0.6 is 0 Å². The largest absolute Gasteiger partial charge is 0.299 e. The molecule has 6 heteroatoms. The van der Waals surface area contributed by atoms with E-state index in [-0.39, 0.29) is 23.0 Å². The highest BCUT2D eigenvalue weighted by Gasteiger charge is 2.27. The maximum absolute atomic E-state index is 13.1. The van der Waals surface area contributed by atoms with Crippen molar-refractivity contribution in [3.05, 3.63) is 60.2 Å². The van der Waals surface area contributed by atoms with Crippen molar-refractivity contribution in [3.63, 3.8) is 0 Å². The molecule has 0 aliphatic heterocycles. The van der Waals surface area contributed by atoms with E-state index >= 15 is 0 Å². The molecule has 1 heterocycles. The van der Waals surface area contributed by atoms with Crippen LogP contribution in [-0.2, 0) is 21.1 Å². The highest BCUT2D eigenvalue weighted by Crippen LogP contribution is 2.35. The van der Waals surface area contributed by atoms with Crippen LogP contribution in [0.1, 0.15) is 55.0 Å². The van der Waals surface area contributed by atoms with Crippen LogP contribution in [0.4, 0.5) is 0 Å². The summed E-state index contributed by atoms with van der Waals surface area (Å²) in [5.41, 5.74) is 2.19. The Morgan fingerprint density at radius 3 is 2.39 bits per heavy atom. The Morgan fingerprint density at radius 2 is 1.86 bits per heavy atom. The van der Waals surface area contributed by atoms with Gasteiger partial charge in [-0.05, 0) is 36.1 Å². The van der Waals surface area contributed by atoms with Crippen molar-refractivity contribution in [2.75, 3.05) is 6.26 Å². The molecule has 0 saturated heterocycles. The Labute approximate surface area is 166 Å². The molecule has 0 radical (unpaired) electrons. The van der Waals surface area contributed by atoms with E-state index in [4.69, 9.17) is 0 Å². The highest BCUT2D eigenvalue weighted by molar-refractivity contribution is 7.90. The lowest BCUT2D eigenvalue weighted by atomic mass is 9.83. The van der Waals surface area contributed by atoms with Gasteiger partial charge in [-0.3, -0.25) is 14.8 Å². The number of hydrogen-bond donors (Lipinski definition) is 0. The minimum atomic E-state index is -3.25. The SMILES string of the molecule is C=Cc1cnc(CC(=O)[C@H](CC2CCCC2)c2ccc(S(C)(=O)=O)cc2)cn1. The monoisotopic (exact) mass is 398 g/mol. The summed E-state index contributed by atoms with van der Waals surface area (Å²) < 4.78 is 23.5. The molecule has 1 atom stereocenters. The van der Waals surface area contributed by atoms with Gasteiger partial charge < -0.3 is 0 Å². The number of hydrogen-bond acceptors (Lipinski definition) is 5. The third-order valence-electron chi connectivity index (χ3n) is 5.43. The fourth-order valence-corrected chi connectivity index (χ4v) is 4.47. The number of ketones is 1. The average molecular weight is 399 g/mol. The van der Waals surface area contributed by atoms with Crippen molar-refractivity contribution in [3.8, 4) is 0 Å². The average Bonchev–Trinajstić information content (AvgIpc) is 3.19. The molecule has 28 heavy (non-hydrogen) atoms. The summed E-state index contributed by atoms with van der Waals surface area (Å²) in [6.45, 7) is 3.66. The van der Waals surface area contributed by atoms with Gasteiger partial charge in [0.15, 0.2) is 9.84 Å². The van der Waals surface area contributed by atoms with Crippen molar-refractivity contribution in [1.29, 1.82) is 0 Å². The maximum atomic E-state index is 13.1. The van der Waals surface area contributed by atoms with Gasteiger partial charge in [0.05, 0.1) is 28.9 Å². The number of benzene rings is 1. The van der Waals surface area contributed by atoms with Crippen molar-refractivity contribution >= 4 is 21.7 Å². The lowest BCUT2D eigenvalue weighted by Crippen LogP contribution is -2.19. The predicted octanol–water partition coefficient (Wildman–Crippen LogP) is 4.00. The molecular weight excluding hydrogens is 372 g/mol. The van der Waals surface area contributed by atoms with Crippen LogP contribution in [-0.4, -0.2) is 30.4 Å². The van der Waals surface area contributed by atoms with Crippen molar-refractivity contribution in [2.45, 2.75) is 49.3 Å². The number of carbonyl (C=O) groups is 1. The third kappa shape index (κ3) is 5.13. The molecular formula is C22H26N2O3S. The van der Waals surface area contributed by atoms with Crippen LogP contribution in [0.5, 0.6) is 0 Å². The molecule has 1 saturated carbocycles. The molecule has 5 nitrogen and oxygen atoms in total. The van der Waals surface area contributed by atoms with E-state index in [1.54, 1.807) is 42.7 Å². The molecule has 3 rings (SSSR count). The lowest BCUT2D eigenvalue weighted by Gasteiger charge is -2.20. The van der Waals surface area contributed by atoms with Crippen LogP contribution < -0.4 is 0 Å². The van der Waals surface area contributed by atoms with Gasteiger partial charge in [0, 0.05) is 18.4 Å². The van der Waals surface area contributed by atoms with E-state index in [0.29, 0.717) is 17.3 Å². The fourth-order valence-electron chi connectivity index (χ4n) is 3.84. The Bertz CT molecular complexity index is 929. The summed E-state index contributed by atoms with van der Waals surface area (Å²) in [4.78, 5) is 21.9. The van der Waals surface area contributed by atoms with Crippen LogP contribution in [0.2, 0.25) is 0 Å². The molecule has 0 bridgehead atoms. The fraction of sp³-hybridized carbons (Fsp3) is 0.409. The molecule has 0 spiro atoms. The highest BCUT2D eigenvalue weighted by atomic mass is 32.2. The van der Waals surface area contributed by atoms with Crippen LogP contribution in [0, 0.1) is 5.92 Å². The first-order chi connectivity index (χ1) is 13.4. The first kappa shape index (κ1) is 20.4. The molecule has 0 unspecified atom stereocenters. The second-order valence-corrected chi connectivity index (χ2v) is 9.58. The van der Waals surface area contributed by atoms with Gasteiger partial charge in [0.25, 0.3) is 0 Å². The Kier molecular flexibility index (Phi) is 6.39. The van der Waals surface area contributed by atoms with Gasteiger partial charge in [-0.2, -0.15) is 0 Å². The van der Waals surface area contributed by atoms with Crippen molar-refractivity contribution in [1.82, 2.24) is 9.97 Å². The van der Waals surface area contributed by atoms with Gasteiger partial charge >= 0.3 is 0 Å². The van der Waals surface area contributed by atoms with E-state index in [2.05, 4.69) is 16.5 Å². The zero-order valence-corrected chi connectivity index (χ0v) is 17.0. The van der Waals surface area contributed by atoms with E-state index in [0.717, 1.165) is 24.8 Å². The zero-order valence-electron chi connectivity index (χ0n) is 16.2. The Hall–Kier alpha value is -2.34. The number of sulfone groups is 1. The molecule has 0 N–H and O–H groups in total. The van der Waals surface area contributed by atoms with Crippen LogP contribution in [0.25, 0.3) is 6.08 Å². The second kappa shape index (κ2) is 8.78. The first-order valence-electron chi connectivity index (χ1n) is 9.63. The summed E-state index contributed by atoms with van der Waals surface area (Å²) in [5, 5.41) is 0. The Morgan fingerprint density at radius 1 is 1.18 bits per heavy atom. The minimum Gasteiger partial charge on any atom is -0.299 e. The van der Waals surface area contributed by atoms with Crippen LogP contribution in [0.15, 0.2) is 48.1 Å². The number of Topliss-reactive ketones (excluding diaryl/α,β-unsaturated/α-hetero) is 1. The summed E-state index contributed by atoms with van der Waals surface area (Å²) in [6, 6.07) is 6.75. The van der Waals surface area contributed by atoms with Crippen molar-refractivity contribution in [2.24, 2.45) is 5.92 Å². The molecule has 1 fully saturated rings. The topological polar surface area (TPSA) is 77.0 Å². The molecule has 1 aliphatic rings. The molecule has 1 aromatic carbocycles. The standard InChI is InChI=1S/C22H26N2O3S/c1-3-18-14-24-19(15-23-18)13-22(25)21(12-16-6-4-5-7-16)17-8-10-20(11-9-17)28(2,26)27/h3,8-11,14-16,21H,1,4-7,12-13H2,2H3/t21-/m1/s1. The van der Waals surface area contributed by atoms with Gasteiger partial charge in [-0.1, -0.05) is 44.4 Å². The molecule has 1 aromatic heterocycles. The maximum Gasteiger partial charge on any atom is 0.175 e. The van der Waals surface area contributed by atoms with E-state index < -0.39 is 9.84 Å². The summed E-state index contributed by atoms with van der Waals surface area (Å²) in [6.07, 6.45) is 11.8. The van der Waals surface area contributed by atoms with E-state index in [9.17, 15) is 13.2 Å². The summed E-state index contributed by atoms with van der Waals surface area (Å²) in [7, 11) is -3.25.